The van der Waals surface area contributed by atoms with Crippen LogP contribution in [0.2, 0.25) is 0 Å². The summed E-state index contributed by atoms with van der Waals surface area (Å²) >= 11 is 0. The first-order valence-electron chi connectivity index (χ1n) is 8.69. The van der Waals surface area contributed by atoms with Gasteiger partial charge in [-0.1, -0.05) is 30.3 Å². The van der Waals surface area contributed by atoms with Crippen molar-refractivity contribution < 1.29 is 9.53 Å². The van der Waals surface area contributed by atoms with Crippen molar-refractivity contribution in [2.24, 2.45) is 0 Å². The van der Waals surface area contributed by atoms with E-state index in [-0.39, 0.29) is 18.1 Å². The number of nitrogens with zero attached hydrogens (tertiary/aromatic N) is 2. The van der Waals surface area contributed by atoms with Crippen LogP contribution in [0.1, 0.15) is 38.2 Å². The van der Waals surface area contributed by atoms with Gasteiger partial charge in [-0.15, -0.1) is 0 Å². The average Bonchev–Trinajstić information content (AvgIpc) is 2.96. The molecule has 1 saturated heterocycles. The van der Waals surface area contributed by atoms with E-state index in [4.69, 9.17) is 4.74 Å². The lowest BCUT2D eigenvalue weighted by Crippen LogP contribution is -2.38. The lowest BCUT2D eigenvalue weighted by Gasteiger charge is -2.25. The monoisotopic (exact) mass is 318 g/mol. The zero-order valence-corrected chi connectivity index (χ0v) is 14.7. The largest absolute Gasteiger partial charge is 0.462 e. The Morgan fingerprint density at radius 2 is 2.09 bits per heavy atom. The van der Waals surface area contributed by atoms with Crippen molar-refractivity contribution in [2.75, 3.05) is 27.2 Å². The maximum Gasteiger partial charge on any atom is 0.323 e. The van der Waals surface area contributed by atoms with Crippen LogP contribution in [0.3, 0.4) is 0 Å². The predicted molar refractivity (Wildman–Crippen MR) is 93.2 cm³/mol. The molecule has 1 heterocycles. The molecule has 0 N–H and O–H groups in total. The van der Waals surface area contributed by atoms with E-state index in [1.807, 2.05) is 25.1 Å². The van der Waals surface area contributed by atoms with E-state index in [0.29, 0.717) is 0 Å². The predicted octanol–water partition coefficient (Wildman–Crippen LogP) is 2.92. The smallest absolute Gasteiger partial charge is 0.323 e. The van der Waals surface area contributed by atoms with Crippen LogP contribution in [0.5, 0.6) is 0 Å². The molecule has 2 unspecified atom stereocenters. The third-order valence-corrected chi connectivity index (χ3v) is 4.40. The van der Waals surface area contributed by atoms with Gasteiger partial charge in [0.1, 0.15) is 6.04 Å². The summed E-state index contributed by atoms with van der Waals surface area (Å²) in [7, 11) is 4.13. The van der Waals surface area contributed by atoms with Gasteiger partial charge in [-0.25, -0.2) is 0 Å². The van der Waals surface area contributed by atoms with Crippen LogP contribution in [0.25, 0.3) is 0 Å². The molecule has 0 spiro atoms. The van der Waals surface area contributed by atoms with Gasteiger partial charge in [-0.2, -0.15) is 0 Å². The van der Waals surface area contributed by atoms with Gasteiger partial charge >= 0.3 is 5.97 Å². The van der Waals surface area contributed by atoms with Crippen LogP contribution in [0.15, 0.2) is 30.3 Å². The Hall–Kier alpha value is -1.39. The second-order valence-electron chi connectivity index (χ2n) is 6.81. The maximum absolute atomic E-state index is 12.5. The minimum Gasteiger partial charge on any atom is -0.462 e. The summed E-state index contributed by atoms with van der Waals surface area (Å²) in [6, 6.07) is 10.3. The molecule has 0 amide bonds. The number of hydrogen-bond donors (Lipinski definition) is 0. The number of likely N-dealkylation sites (tertiary alicyclic amines) is 1. The second-order valence-corrected chi connectivity index (χ2v) is 6.81. The van der Waals surface area contributed by atoms with Crippen LogP contribution >= 0.6 is 0 Å². The Bertz CT molecular complexity index is 476. The van der Waals surface area contributed by atoms with E-state index in [9.17, 15) is 4.79 Å². The Morgan fingerprint density at radius 3 is 2.78 bits per heavy atom. The molecule has 1 aromatic rings. The van der Waals surface area contributed by atoms with E-state index in [0.717, 1.165) is 45.3 Å². The molecule has 1 aliphatic heterocycles. The third kappa shape index (κ3) is 5.96. The van der Waals surface area contributed by atoms with E-state index in [2.05, 4.69) is 36.0 Å². The van der Waals surface area contributed by atoms with Gasteiger partial charge in [0.05, 0.1) is 6.10 Å². The van der Waals surface area contributed by atoms with Gasteiger partial charge < -0.3 is 9.64 Å². The van der Waals surface area contributed by atoms with E-state index in [1.54, 1.807) is 0 Å². The number of carbonyl (C=O) groups excluding carboxylic acids is 1. The molecule has 4 heteroatoms. The highest BCUT2D eigenvalue weighted by Crippen LogP contribution is 2.22. The Balaban J connectivity index is 1.80. The quantitative estimate of drug-likeness (QED) is 0.690. The molecule has 23 heavy (non-hydrogen) atoms. The van der Waals surface area contributed by atoms with Crippen LogP contribution < -0.4 is 0 Å². The summed E-state index contributed by atoms with van der Waals surface area (Å²) in [5.74, 6) is -0.0456. The fourth-order valence-electron chi connectivity index (χ4n) is 3.13. The van der Waals surface area contributed by atoms with E-state index in [1.165, 1.54) is 5.56 Å². The zero-order valence-electron chi connectivity index (χ0n) is 14.7. The fourth-order valence-corrected chi connectivity index (χ4v) is 3.13. The molecule has 1 aromatic carbocycles. The summed E-state index contributed by atoms with van der Waals surface area (Å²) < 4.78 is 5.68. The van der Waals surface area contributed by atoms with Gasteiger partial charge in [-0.05, 0) is 65.4 Å². The van der Waals surface area contributed by atoms with E-state index < -0.39 is 0 Å². The molecule has 4 nitrogen and oxygen atoms in total. The van der Waals surface area contributed by atoms with Crippen molar-refractivity contribution in [3.05, 3.63) is 35.9 Å². The van der Waals surface area contributed by atoms with Crippen molar-refractivity contribution in [1.82, 2.24) is 9.80 Å². The summed E-state index contributed by atoms with van der Waals surface area (Å²) in [6.45, 7) is 4.84. The summed E-state index contributed by atoms with van der Waals surface area (Å²) in [6.07, 6.45) is 3.97. The van der Waals surface area contributed by atoms with Gasteiger partial charge in [0.15, 0.2) is 0 Å². The van der Waals surface area contributed by atoms with Crippen LogP contribution in [0.4, 0.5) is 0 Å². The molecular formula is C19H30N2O2. The summed E-state index contributed by atoms with van der Waals surface area (Å²) in [5, 5.41) is 0. The second kappa shape index (κ2) is 9.04. The fraction of sp³-hybridized carbons (Fsp3) is 0.632. The first kappa shape index (κ1) is 18.0. The SMILES string of the molecule is CC(CCCN(C)C)OC(=O)C1CCCN1Cc1ccccc1. The highest BCUT2D eigenvalue weighted by atomic mass is 16.5. The van der Waals surface area contributed by atoms with Crippen molar-refractivity contribution in [2.45, 2.75) is 51.3 Å². The van der Waals surface area contributed by atoms with Gasteiger partial charge in [0.2, 0.25) is 0 Å². The first-order valence-corrected chi connectivity index (χ1v) is 8.69. The zero-order chi connectivity index (χ0) is 16.7. The standard InChI is InChI=1S/C19H30N2O2/c1-16(9-7-13-20(2)3)23-19(22)18-12-8-14-21(18)15-17-10-5-4-6-11-17/h4-6,10-11,16,18H,7-9,12-15H2,1-3H3. The molecule has 1 aliphatic rings. The number of carbonyl (C=O) groups is 1. The highest BCUT2D eigenvalue weighted by Gasteiger charge is 2.32. The number of ether oxygens (including phenoxy) is 1. The molecule has 128 valence electrons. The van der Waals surface area contributed by atoms with Gasteiger partial charge in [0.25, 0.3) is 0 Å². The lowest BCUT2D eigenvalue weighted by atomic mass is 10.1. The Morgan fingerprint density at radius 1 is 1.35 bits per heavy atom. The third-order valence-electron chi connectivity index (χ3n) is 4.40. The number of rotatable bonds is 8. The van der Waals surface area contributed by atoms with Crippen molar-refractivity contribution >= 4 is 5.97 Å². The minimum absolute atomic E-state index is 0.00150. The minimum atomic E-state index is -0.0773. The number of hydrogen-bond acceptors (Lipinski definition) is 4. The lowest BCUT2D eigenvalue weighted by molar-refractivity contribution is -0.154. The molecule has 2 atom stereocenters. The molecule has 0 saturated carbocycles. The van der Waals surface area contributed by atoms with Crippen LogP contribution in [-0.4, -0.2) is 55.1 Å². The van der Waals surface area contributed by atoms with Gasteiger partial charge in [-0.3, -0.25) is 9.69 Å². The van der Waals surface area contributed by atoms with E-state index >= 15 is 0 Å². The Labute approximate surface area is 140 Å². The highest BCUT2D eigenvalue weighted by molar-refractivity contribution is 5.76. The molecule has 0 aromatic heterocycles. The van der Waals surface area contributed by atoms with Crippen LogP contribution in [-0.2, 0) is 16.1 Å². The van der Waals surface area contributed by atoms with Crippen molar-refractivity contribution in [3.8, 4) is 0 Å². The average molecular weight is 318 g/mol. The van der Waals surface area contributed by atoms with Gasteiger partial charge in [0, 0.05) is 6.54 Å². The Kier molecular flexibility index (Phi) is 7.06. The first-order chi connectivity index (χ1) is 11.1. The topological polar surface area (TPSA) is 32.8 Å². The number of benzene rings is 1. The van der Waals surface area contributed by atoms with Crippen LogP contribution in [0, 0.1) is 0 Å². The molecular weight excluding hydrogens is 288 g/mol. The van der Waals surface area contributed by atoms with Crippen molar-refractivity contribution in [1.29, 1.82) is 0 Å². The number of esters is 1. The molecule has 0 aliphatic carbocycles. The summed E-state index contributed by atoms with van der Waals surface area (Å²) in [4.78, 5) is 16.9. The maximum atomic E-state index is 12.5. The molecule has 0 bridgehead atoms. The summed E-state index contributed by atoms with van der Waals surface area (Å²) in [5.41, 5.74) is 1.26. The molecule has 2 rings (SSSR count). The van der Waals surface area contributed by atoms with Crippen molar-refractivity contribution in [3.63, 3.8) is 0 Å². The molecule has 0 radical (unpaired) electrons. The normalized spacial score (nSPS) is 19.9. The molecule has 1 fully saturated rings.